The molecule has 6 heteroatoms. The van der Waals surface area contributed by atoms with Crippen molar-refractivity contribution in [3.05, 3.63) is 86.1 Å². The van der Waals surface area contributed by atoms with Crippen LogP contribution in [0.5, 0.6) is 5.75 Å². The van der Waals surface area contributed by atoms with Gasteiger partial charge in [-0.2, -0.15) is 0 Å². The van der Waals surface area contributed by atoms with Crippen molar-refractivity contribution < 1.29 is 14.3 Å². The van der Waals surface area contributed by atoms with Crippen molar-refractivity contribution in [2.45, 2.75) is 13.0 Å². The number of hydrogen-bond acceptors (Lipinski definition) is 5. The highest BCUT2D eigenvalue weighted by molar-refractivity contribution is 7.10. The van der Waals surface area contributed by atoms with Crippen molar-refractivity contribution in [3.8, 4) is 5.75 Å². The Morgan fingerprint density at radius 1 is 1.25 bits per heavy atom. The number of hydrogen-bond donors (Lipinski definition) is 2. The van der Waals surface area contributed by atoms with E-state index in [-0.39, 0.29) is 11.8 Å². The van der Waals surface area contributed by atoms with Crippen LogP contribution in [0.3, 0.4) is 0 Å². The second-order valence-electron chi connectivity index (χ2n) is 5.33. The van der Waals surface area contributed by atoms with Crippen LogP contribution in [0.1, 0.15) is 32.6 Å². The minimum atomic E-state index is -0.658. The van der Waals surface area contributed by atoms with E-state index in [0.717, 1.165) is 28.3 Å². The molecule has 2 aromatic heterocycles. The van der Waals surface area contributed by atoms with Crippen LogP contribution in [0.2, 0.25) is 0 Å². The maximum absolute atomic E-state index is 12.5. The average Bonchev–Trinajstić information content (AvgIpc) is 3.09. The van der Waals surface area contributed by atoms with Gasteiger partial charge in [0.15, 0.2) is 11.5 Å². The molecule has 3 aromatic rings. The number of carbonyl (C=O) groups excluding carboxylic acids is 1. The molecule has 2 heterocycles. The van der Waals surface area contributed by atoms with E-state index in [9.17, 15) is 14.7 Å². The number of carbonyl (C=O) groups is 1. The van der Waals surface area contributed by atoms with Crippen molar-refractivity contribution >= 4 is 17.2 Å². The Bertz CT molecular complexity index is 915. The first-order valence-corrected chi connectivity index (χ1v) is 8.15. The maximum Gasteiger partial charge on any atom is 0.287 e. The van der Waals surface area contributed by atoms with E-state index in [1.165, 1.54) is 11.3 Å². The zero-order valence-corrected chi connectivity index (χ0v) is 13.7. The maximum atomic E-state index is 12.5. The quantitative estimate of drug-likeness (QED) is 0.763. The van der Waals surface area contributed by atoms with Gasteiger partial charge in [0.2, 0.25) is 5.43 Å². The van der Waals surface area contributed by atoms with Crippen LogP contribution in [0.25, 0.3) is 0 Å². The van der Waals surface area contributed by atoms with Crippen molar-refractivity contribution in [2.75, 3.05) is 0 Å². The largest absolute Gasteiger partial charge is 0.502 e. The Morgan fingerprint density at radius 3 is 2.75 bits per heavy atom. The summed E-state index contributed by atoms with van der Waals surface area (Å²) in [5.41, 5.74) is 1.36. The first-order chi connectivity index (χ1) is 11.5. The van der Waals surface area contributed by atoms with Gasteiger partial charge in [-0.05, 0) is 23.9 Å². The minimum absolute atomic E-state index is 0.146. The number of aromatic hydroxyl groups is 1. The third kappa shape index (κ3) is 3.38. The summed E-state index contributed by atoms with van der Waals surface area (Å²) in [5.74, 6) is -1.20. The van der Waals surface area contributed by atoms with Gasteiger partial charge in [-0.15, -0.1) is 11.3 Å². The van der Waals surface area contributed by atoms with E-state index in [2.05, 4.69) is 5.32 Å². The van der Waals surface area contributed by atoms with Crippen LogP contribution in [0.4, 0.5) is 0 Å². The number of amides is 1. The lowest BCUT2D eigenvalue weighted by Crippen LogP contribution is -2.29. The second-order valence-corrected chi connectivity index (χ2v) is 6.31. The third-order valence-corrected chi connectivity index (χ3v) is 4.45. The first kappa shape index (κ1) is 16.0. The van der Waals surface area contributed by atoms with Crippen LogP contribution in [-0.4, -0.2) is 11.0 Å². The van der Waals surface area contributed by atoms with Crippen molar-refractivity contribution in [3.63, 3.8) is 0 Å². The highest BCUT2D eigenvalue weighted by atomic mass is 32.1. The fourth-order valence-electron chi connectivity index (χ4n) is 2.35. The summed E-state index contributed by atoms with van der Waals surface area (Å²) in [7, 11) is 0. The lowest BCUT2D eigenvalue weighted by Gasteiger charge is -2.18. The van der Waals surface area contributed by atoms with E-state index < -0.39 is 17.1 Å². The average molecular weight is 341 g/mol. The molecule has 0 spiro atoms. The van der Waals surface area contributed by atoms with Crippen molar-refractivity contribution in [1.82, 2.24) is 5.32 Å². The van der Waals surface area contributed by atoms with Gasteiger partial charge < -0.3 is 14.8 Å². The molecule has 0 unspecified atom stereocenters. The summed E-state index contributed by atoms with van der Waals surface area (Å²) in [6, 6.07) is 12.3. The number of nitrogens with one attached hydrogen (secondary N) is 1. The summed E-state index contributed by atoms with van der Waals surface area (Å²) >= 11 is 1.53. The summed E-state index contributed by atoms with van der Waals surface area (Å²) in [6.07, 6.45) is 0.865. The summed E-state index contributed by atoms with van der Waals surface area (Å²) in [4.78, 5) is 24.9. The predicted octanol–water partition coefficient (Wildman–Crippen LogP) is 3.23. The van der Waals surface area contributed by atoms with E-state index in [1.807, 2.05) is 48.7 Å². The Hall–Kier alpha value is -2.86. The fraction of sp³-hybridized carbons (Fsp3) is 0.111. The molecular weight excluding hydrogens is 326 g/mol. The zero-order chi connectivity index (χ0) is 17.1. The molecular formula is C18H15NO4S. The molecule has 0 saturated carbocycles. The second kappa shape index (κ2) is 6.72. The molecule has 0 radical (unpaired) electrons. The highest BCUT2D eigenvalue weighted by Crippen LogP contribution is 2.27. The van der Waals surface area contributed by atoms with Gasteiger partial charge in [0, 0.05) is 10.9 Å². The number of aryl methyl sites for hydroxylation is 1. The van der Waals surface area contributed by atoms with E-state index >= 15 is 0 Å². The fourth-order valence-corrected chi connectivity index (χ4v) is 3.15. The predicted molar refractivity (Wildman–Crippen MR) is 91.5 cm³/mol. The molecule has 24 heavy (non-hydrogen) atoms. The molecule has 1 atom stereocenters. The molecule has 0 aliphatic heterocycles. The Kier molecular flexibility index (Phi) is 4.48. The van der Waals surface area contributed by atoms with Crippen molar-refractivity contribution in [1.29, 1.82) is 0 Å². The van der Waals surface area contributed by atoms with Gasteiger partial charge in [-0.25, -0.2) is 0 Å². The van der Waals surface area contributed by atoms with Crippen LogP contribution in [0, 0.1) is 6.92 Å². The SMILES string of the molecule is Cc1cccc([C@@H](NC(=O)c2cc(=O)c(O)co2)c2cccs2)c1. The molecule has 1 amide bonds. The molecule has 0 saturated heterocycles. The van der Waals surface area contributed by atoms with Gasteiger partial charge >= 0.3 is 0 Å². The Morgan fingerprint density at radius 2 is 2.08 bits per heavy atom. The smallest absolute Gasteiger partial charge is 0.287 e. The van der Waals surface area contributed by atoms with Gasteiger partial charge in [-0.1, -0.05) is 35.9 Å². The van der Waals surface area contributed by atoms with Crippen molar-refractivity contribution in [2.24, 2.45) is 0 Å². The van der Waals surface area contributed by atoms with E-state index in [1.54, 1.807) is 0 Å². The molecule has 0 aliphatic rings. The summed E-state index contributed by atoms with van der Waals surface area (Å²) in [5, 5.41) is 14.0. The molecule has 1 aromatic carbocycles. The van der Waals surface area contributed by atoms with Gasteiger partial charge in [0.05, 0.1) is 6.04 Å². The molecule has 5 nitrogen and oxygen atoms in total. The summed E-state index contributed by atoms with van der Waals surface area (Å²) in [6.45, 7) is 1.98. The zero-order valence-electron chi connectivity index (χ0n) is 12.9. The van der Waals surface area contributed by atoms with Crippen LogP contribution in [0.15, 0.2) is 63.3 Å². The molecule has 0 fully saturated rings. The number of thiophene rings is 1. The molecule has 0 bridgehead atoms. The van der Waals surface area contributed by atoms with Crippen LogP contribution >= 0.6 is 11.3 Å². The molecule has 122 valence electrons. The van der Waals surface area contributed by atoms with Crippen LogP contribution < -0.4 is 10.7 Å². The van der Waals surface area contributed by atoms with Crippen LogP contribution in [-0.2, 0) is 0 Å². The first-order valence-electron chi connectivity index (χ1n) is 7.27. The topological polar surface area (TPSA) is 79.5 Å². The van der Waals surface area contributed by atoms with Gasteiger partial charge in [0.25, 0.3) is 5.91 Å². The van der Waals surface area contributed by atoms with Gasteiger partial charge in [0.1, 0.15) is 6.26 Å². The number of rotatable bonds is 4. The highest BCUT2D eigenvalue weighted by Gasteiger charge is 2.20. The molecule has 0 aliphatic carbocycles. The normalized spacial score (nSPS) is 11.9. The molecule has 2 N–H and O–H groups in total. The van der Waals surface area contributed by atoms with E-state index in [0.29, 0.717) is 0 Å². The minimum Gasteiger partial charge on any atom is -0.502 e. The van der Waals surface area contributed by atoms with E-state index in [4.69, 9.17) is 4.42 Å². The lowest BCUT2D eigenvalue weighted by molar-refractivity contribution is 0.0912. The Labute approximate surface area is 142 Å². The summed E-state index contributed by atoms with van der Waals surface area (Å²) < 4.78 is 5.02. The number of benzene rings is 1. The third-order valence-electron chi connectivity index (χ3n) is 3.51. The standard InChI is InChI=1S/C18H15NO4S/c1-11-4-2-5-12(8-11)17(16-6-3-7-24-16)19-18(22)15-9-13(20)14(21)10-23-15/h2-10,17,21H,1H3,(H,19,22)/t17-/m1/s1. The van der Waals surface area contributed by atoms with Gasteiger partial charge in [-0.3, -0.25) is 9.59 Å². The lowest BCUT2D eigenvalue weighted by atomic mass is 10.0. The molecule has 3 rings (SSSR count). The monoisotopic (exact) mass is 341 g/mol. The Balaban J connectivity index is 1.93.